The SMILES string of the molecule is O=C(Cc1ccc(F)cc1)NNC(=O)c1ccc(N2CCCC2=O)cc1. The fourth-order valence-corrected chi connectivity index (χ4v) is 2.74. The normalized spacial score (nSPS) is 13.6. The predicted octanol–water partition coefficient (Wildman–Crippen LogP) is 1.96. The Morgan fingerprint density at radius 2 is 1.69 bits per heavy atom. The second-order valence-corrected chi connectivity index (χ2v) is 6.00. The number of rotatable bonds is 4. The Labute approximate surface area is 150 Å². The molecule has 134 valence electrons. The minimum atomic E-state index is -0.461. The van der Waals surface area contributed by atoms with Crippen LogP contribution in [0.25, 0.3) is 0 Å². The van der Waals surface area contributed by atoms with E-state index in [1.807, 2.05) is 0 Å². The summed E-state index contributed by atoms with van der Waals surface area (Å²) in [4.78, 5) is 37.3. The average Bonchev–Trinajstić information content (AvgIpc) is 3.08. The number of halogens is 1. The molecule has 0 aliphatic carbocycles. The zero-order valence-electron chi connectivity index (χ0n) is 14.0. The second-order valence-electron chi connectivity index (χ2n) is 6.00. The fourth-order valence-electron chi connectivity index (χ4n) is 2.74. The molecule has 1 aliphatic rings. The molecule has 0 bridgehead atoms. The van der Waals surface area contributed by atoms with Gasteiger partial charge in [0.2, 0.25) is 11.8 Å². The molecule has 1 fully saturated rings. The Balaban J connectivity index is 1.52. The van der Waals surface area contributed by atoms with Gasteiger partial charge in [0.05, 0.1) is 6.42 Å². The number of hydrazine groups is 1. The Kier molecular flexibility index (Phi) is 5.26. The molecule has 2 aromatic carbocycles. The Bertz CT molecular complexity index is 819. The van der Waals surface area contributed by atoms with E-state index in [-0.39, 0.29) is 18.1 Å². The predicted molar refractivity (Wildman–Crippen MR) is 93.7 cm³/mol. The van der Waals surface area contributed by atoms with Crippen molar-refractivity contribution < 1.29 is 18.8 Å². The molecule has 0 spiro atoms. The van der Waals surface area contributed by atoms with Gasteiger partial charge in [0.15, 0.2) is 0 Å². The molecule has 7 heteroatoms. The lowest BCUT2D eigenvalue weighted by Crippen LogP contribution is -2.42. The van der Waals surface area contributed by atoms with E-state index < -0.39 is 11.8 Å². The van der Waals surface area contributed by atoms with Crippen molar-refractivity contribution in [2.45, 2.75) is 19.3 Å². The summed E-state index contributed by atoms with van der Waals surface area (Å²) in [5.41, 5.74) is 6.41. The lowest BCUT2D eigenvalue weighted by molar-refractivity contribution is -0.121. The first-order chi connectivity index (χ1) is 12.5. The third kappa shape index (κ3) is 4.24. The molecule has 1 heterocycles. The molecule has 6 nitrogen and oxygen atoms in total. The number of anilines is 1. The number of carbonyl (C=O) groups is 3. The number of nitrogens with zero attached hydrogens (tertiary/aromatic N) is 1. The van der Waals surface area contributed by atoms with Crippen molar-refractivity contribution in [1.29, 1.82) is 0 Å². The van der Waals surface area contributed by atoms with Gasteiger partial charge in [-0.2, -0.15) is 0 Å². The van der Waals surface area contributed by atoms with E-state index in [0.29, 0.717) is 24.1 Å². The highest BCUT2D eigenvalue weighted by atomic mass is 19.1. The van der Waals surface area contributed by atoms with Crippen LogP contribution in [-0.2, 0) is 16.0 Å². The van der Waals surface area contributed by atoms with Crippen LogP contribution in [0.15, 0.2) is 48.5 Å². The maximum atomic E-state index is 12.8. The lowest BCUT2D eigenvalue weighted by Gasteiger charge is -2.15. The molecule has 0 radical (unpaired) electrons. The van der Waals surface area contributed by atoms with Gasteiger partial charge in [-0.05, 0) is 48.4 Å². The van der Waals surface area contributed by atoms with E-state index in [4.69, 9.17) is 0 Å². The van der Waals surface area contributed by atoms with Crippen molar-refractivity contribution in [3.8, 4) is 0 Å². The summed E-state index contributed by atoms with van der Waals surface area (Å²) in [6, 6.07) is 12.2. The lowest BCUT2D eigenvalue weighted by atomic mass is 10.1. The molecule has 0 saturated carbocycles. The second kappa shape index (κ2) is 7.77. The van der Waals surface area contributed by atoms with Crippen molar-refractivity contribution in [3.63, 3.8) is 0 Å². The van der Waals surface area contributed by atoms with E-state index in [0.717, 1.165) is 12.1 Å². The van der Waals surface area contributed by atoms with Crippen LogP contribution in [0.3, 0.4) is 0 Å². The van der Waals surface area contributed by atoms with Crippen molar-refractivity contribution in [3.05, 3.63) is 65.5 Å². The van der Waals surface area contributed by atoms with E-state index in [2.05, 4.69) is 10.9 Å². The molecular formula is C19H18FN3O3. The highest BCUT2D eigenvalue weighted by Gasteiger charge is 2.21. The van der Waals surface area contributed by atoms with Gasteiger partial charge in [-0.25, -0.2) is 4.39 Å². The summed E-state index contributed by atoms with van der Waals surface area (Å²) in [6.45, 7) is 0.684. The van der Waals surface area contributed by atoms with Crippen molar-refractivity contribution in [2.24, 2.45) is 0 Å². The highest BCUT2D eigenvalue weighted by Crippen LogP contribution is 2.21. The fraction of sp³-hybridized carbons (Fsp3) is 0.211. The van der Waals surface area contributed by atoms with Gasteiger partial charge in [-0.1, -0.05) is 12.1 Å². The molecule has 0 unspecified atom stereocenters. The third-order valence-electron chi connectivity index (χ3n) is 4.11. The summed E-state index contributed by atoms with van der Waals surface area (Å²) in [7, 11) is 0. The van der Waals surface area contributed by atoms with Crippen LogP contribution >= 0.6 is 0 Å². The summed E-state index contributed by atoms with van der Waals surface area (Å²) in [5.74, 6) is -1.17. The van der Waals surface area contributed by atoms with Crippen LogP contribution in [-0.4, -0.2) is 24.3 Å². The molecule has 2 aromatic rings. The van der Waals surface area contributed by atoms with Gasteiger partial charge in [0.25, 0.3) is 5.91 Å². The maximum absolute atomic E-state index is 12.8. The number of carbonyl (C=O) groups excluding carboxylic acids is 3. The summed E-state index contributed by atoms with van der Waals surface area (Å²) in [6.07, 6.45) is 1.40. The van der Waals surface area contributed by atoms with Crippen LogP contribution in [0, 0.1) is 5.82 Å². The highest BCUT2D eigenvalue weighted by molar-refractivity contribution is 5.98. The monoisotopic (exact) mass is 355 g/mol. The Morgan fingerprint density at radius 3 is 2.31 bits per heavy atom. The van der Waals surface area contributed by atoms with Gasteiger partial charge >= 0.3 is 0 Å². The topological polar surface area (TPSA) is 78.5 Å². The molecule has 0 atom stereocenters. The van der Waals surface area contributed by atoms with E-state index in [1.54, 1.807) is 29.2 Å². The first-order valence-corrected chi connectivity index (χ1v) is 8.27. The largest absolute Gasteiger partial charge is 0.312 e. The van der Waals surface area contributed by atoms with E-state index in [1.165, 1.54) is 24.3 Å². The minimum Gasteiger partial charge on any atom is -0.312 e. The number of nitrogens with one attached hydrogen (secondary N) is 2. The smallest absolute Gasteiger partial charge is 0.269 e. The van der Waals surface area contributed by atoms with Gasteiger partial charge in [-0.3, -0.25) is 25.2 Å². The molecule has 0 aromatic heterocycles. The standard InChI is InChI=1S/C19H18FN3O3/c20-15-7-3-13(4-8-15)12-17(24)21-22-19(26)14-5-9-16(10-6-14)23-11-1-2-18(23)25/h3-10H,1-2,11-12H2,(H,21,24)(H,22,26). The van der Waals surface area contributed by atoms with Gasteiger partial charge in [-0.15, -0.1) is 0 Å². The Morgan fingerprint density at radius 1 is 1.00 bits per heavy atom. The molecule has 3 rings (SSSR count). The first kappa shape index (κ1) is 17.6. The number of benzene rings is 2. The van der Waals surface area contributed by atoms with Crippen LogP contribution in [0.5, 0.6) is 0 Å². The Hall–Kier alpha value is -3.22. The number of hydrogen-bond acceptors (Lipinski definition) is 3. The van der Waals surface area contributed by atoms with Crippen LogP contribution in [0.4, 0.5) is 10.1 Å². The third-order valence-corrected chi connectivity index (χ3v) is 4.11. The summed E-state index contributed by atoms with van der Waals surface area (Å²) < 4.78 is 12.8. The van der Waals surface area contributed by atoms with Crippen LogP contribution in [0.2, 0.25) is 0 Å². The van der Waals surface area contributed by atoms with E-state index in [9.17, 15) is 18.8 Å². The summed E-state index contributed by atoms with van der Waals surface area (Å²) >= 11 is 0. The zero-order chi connectivity index (χ0) is 18.5. The maximum Gasteiger partial charge on any atom is 0.269 e. The average molecular weight is 355 g/mol. The molecule has 1 saturated heterocycles. The summed E-state index contributed by atoms with van der Waals surface area (Å²) in [5, 5.41) is 0. The number of hydrogen-bond donors (Lipinski definition) is 2. The van der Waals surface area contributed by atoms with Crippen LogP contribution < -0.4 is 15.8 Å². The van der Waals surface area contributed by atoms with Crippen molar-refractivity contribution >= 4 is 23.4 Å². The van der Waals surface area contributed by atoms with Gasteiger partial charge < -0.3 is 4.90 Å². The molecule has 26 heavy (non-hydrogen) atoms. The minimum absolute atomic E-state index is 0.0244. The molecule has 3 amide bonds. The van der Waals surface area contributed by atoms with Crippen molar-refractivity contribution in [2.75, 3.05) is 11.4 Å². The van der Waals surface area contributed by atoms with Crippen LogP contribution in [0.1, 0.15) is 28.8 Å². The van der Waals surface area contributed by atoms with E-state index >= 15 is 0 Å². The quantitative estimate of drug-likeness (QED) is 0.823. The van der Waals surface area contributed by atoms with Gasteiger partial charge in [0.1, 0.15) is 5.82 Å². The van der Waals surface area contributed by atoms with Gasteiger partial charge in [0, 0.05) is 24.2 Å². The first-order valence-electron chi connectivity index (χ1n) is 8.27. The zero-order valence-corrected chi connectivity index (χ0v) is 14.0. The van der Waals surface area contributed by atoms with Crippen molar-refractivity contribution in [1.82, 2.24) is 10.9 Å². The number of amides is 3. The molecule has 1 aliphatic heterocycles. The molecular weight excluding hydrogens is 337 g/mol. The molecule has 2 N–H and O–H groups in total.